The highest BCUT2D eigenvalue weighted by atomic mass is 19.3. The largest absolute Gasteiger partial charge is 0.459 e. The number of nitrogens with two attached hydrogens (primary N) is 1. The number of nitrogen functional groups attached to an aromatic ring is 1. The number of piperidine rings is 1. The second kappa shape index (κ2) is 12.0. The van der Waals surface area contributed by atoms with Crippen LogP contribution in [0.2, 0.25) is 0 Å². The Bertz CT molecular complexity index is 1910. The van der Waals surface area contributed by atoms with Gasteiger partial charge in [-0.1, -0.05) is 18.7 Å². The number of nitrogens with one attached hydrogen (secondary N) is 1. The minimum absolute atomic E-state index is 0.0358. The fourth-order valence-corrected chi connectivity index (χ4v) is 5.42. The van der Waals surface area contributed by atoms with Crippen molar-refractivity contribution in [1.29, 1.82) is 0 Å². The molecule has 0 saturated carbocycles. The second-order valence-electron chi connectivity index (χ2n) is 11.2. The number of aryl methyl sites for hydroxylation is 1. The smallest absolute Gasteiger partial charge is 0.253 e. The maximum absolute atomic E-state index is 13.6. The Morgan fingerprint density at radius 3 is 2.40 bits per heavy atom. The number of rotatable bonds is 7. The molecule has 2 aromatic carbocycles. The molecule has 8 nitrogen and oxygen atoms in total. The number of halogens is 2. The quantitative estimate of drug-likeness (QED) is 0.200. The van der Waals surface area contributed by atoms with E-state index in [1.54, 1.807) is 36.7 Å². The van der Waals surface area contributed by atoms with E-state index in [2.05, 4.69) is 21.9 Å². The van der Waals surface area contributed by atoms with Crippen LogP contribution in [0.4, 0.5) is 14.6 Å². The zero-order valence-corrected chi connectivity index (χ0v) is 24.6. The summed E-state index contributed by atoms with van der Waals surface area (Å²) in [5.41, 5.74) is 12.1. The molecule has 5 aromatic rings. The van der Waals surface area contributed by atoms with E-state index in [9.17, 15) is 18.4 Å². The molecule has 0 spiro atoms. The third-order valence-corrected chi connectivity index (χ3v) is 8.08. The summed E-state index contributed by atoms with van der Waals surface area (Å²) in [5.74, 6) is -2.43. The highest BCUT2D eigenvalue weighted by Gasteiger charge is 2.35. The summed E-state index contributed by atoms with van der Waals surface area (Å²) in [7, 11) is 0. The molecular weight excluding hydrogens is 576 g/mol. The highest BCUT2D eigenvalue weighted by Crippen LogP contribution is 2.37. The van der Waals surface area contributed by atoms with Gasteiger partial charge in [-0.25, -0.2) is 13.8 Å². The molecule has 228 valence electrons. The molecule has 0 radical (unpaired) electrons. The van der Waals surface area contributed by atoms with E-state index >= 15 is 0 Å². The van der Waals surface area contributed by atoms with Gasteiger partial charge in [0.15, 0.2) is 0 Å². The number of likely N-dealkylation sites (tertiary alicyclic amines) is 1. The van der Waals surface area contributed by atoms with Crippen LogP contribution >= 0.6 is 0 Å². The Kier molecular flexibility index (Phi) is 7.88. The number of carbonyl (C=O) groups excluding carboxylic acids is 2. The Labute approximate surface area is 258 Å². The molecule has 0 unspecified atom stereocenters. The van der Waals surface area contributed by atoms with Crippen LogP contribution in [0.5, 0.6) is 0 Å². The number of furan rings is 1. The van der Waals surface area contributed by atoms with Gasteiger partial charge >= 0.3 is 0 Å². The Balaban J connectivity index is 1.27. The molecule has 10 heteroatoms. The Hall–Kier alpha value is -5.38. The average molecular weight is 608 g/mol. The molecule has 1 saturated heterocycles. The number of hydrogen-bond acceptors (Lipinski definition) is 6. The van der Waals surface area contributed by atoms with Crippen molar-refractivity contribution in [2.45, 2.75) is 32.2 Å². The fourth-order valence-electron chi connectivity index (χ4n) is 5.42. The molecule has 0 bridgehead atoms. The van der Waals surface area contributed by atoms with E-state index in [0.29, 0.717) is 28.3 Å². The monoisotopic (exact) mass is 607 g/mol. The molecule has 6 rings (SSSR count). The summed E-state index contributed by atoms with van der Waals surface area (Å²) in [5, 5.41) is 3.68. The van der Waals surface area contributed by atoms with Crippen molar-refractivity contribution >= 4 is 34.2 Å². The van der Waals surface area contributed by atoms with E-state index in [1.807, 2.05) is 43.3 Å². The number of aromatic nitrogens is 2. The lowest BCUT2D eigenvalue weighted by molar-refractivity contribution is -0.115. The first-order chi connectivity index (χ1) is 21.6. The summed E-state index contributed by atoms with van der Waals surface area (Å²) in [4.78, 5) is 35.6. The summed E-state index contributed by atoms with van der Waals surface area (Å²) >= 11 is 0. The number of amides is 2. The first-order valence-electron chi connectivity index (χ1n) is 14.5. The zero-order chi connectivity index (χ0) is 31.7. The molecule has 0 aliphatic carbocycles. The summed E-state index contributed by atoms with van der Waals surface area (Å²) in [6, 6.07) is 18.3. The minimum atomic E-state index is -2.72. The Morgan fingerprint density at radius 1 is 0.978 bits per heavy atom. The standard InChI is InChI=1S/C35H31F2N5O3/c1-21-9-12-39-20-30(21)29-17-26(23-3-5-24(6-4-23)34(44)42-13-10-35(36,37)11-14-42)15-27-16-28(45-32(27)29)19-41-33(43)22(2)25-7-8-31(38)40-18-25/h3-9,12,15-18,20H,2,10-11,13-14,19H2,1H3,(H2,38,40)(H,41,43). The lowest BCUT2D eigenvalue weighted by Gasteiger charge is -2.31. The van der Waals surface area contributed by atoms with Crippen LogP contribution in [-0.2, 0) is 11.3 Å². The SMILES string of the molecule is C=C(C(=O)NCc1cc2cc(-c3ccc(C(=O)N4CCC(F)(F)CC4)cc3)cc(-c3cnccc3C)c2o1)c1ccc(N)nc1. The highest BCUT2D eigenvalue weighted by molar-refractivity contribution is 6.18. The van der Waals surface area contributed by atoms with Crippen LogP contribution in [0, 0.1) is 6.92 Å². The number of benzene rings is 2. The molecule has 1 aliphatic rings. The van der Waals surface area contributed by atoms with Gasteiger partial charge in [0.1, 0.15) is 17.2 Å². The van der Waals surface area contributed by atoms with Crippen LogP contribution in [0.15, 0.2) is 90.3 Å². The van der Waals surface area contributed by atoms with Crippen molar-refractivity contribution < 1.29 is 22.8 Å². The molecule has 3 aromatic heterocycles. The van der Waals surface area contributed by atoms with Gasteiger partial charge in [-0.3, -0.25) is 14.6 Å². The first-order valence-corrected chi connectivity index (χ1v) is 14.5. The predicted molar refractivity (Wildman–Crippen MR) is 169 cm³/mol. The van der Waals surface area contributed by atoms with E-state index in [0.717, 1.165) is 33.2 Å². The molecule has 0 atom stereocenters. The van der Waals surface area contributed by atoms with Crippen LogP contribution < -0.4 is 11.1 Å². The number of hydrogen-bond donors (Lipinski definition) is 2. The molecule has 1 aliphatic heterocycles. The van der Waals surface area contributed by atoms with Crippen molar-refractivity contribution in [3.63, 3.8) is 0 Å². The van der Waals surface area contributed by atoms with Gasteiger partial charge in [0.25, 0.3) is 17.7 Å². The van der Waals surface area contributed by atoms with Crippen LogP contribution in [0.1, 0.15) is 40.1 Å². The van der Waals surface area contributed by atoms with E-state index in [1.165, 1.54) is 11.1 Å². The molecule has 45 heavy (non-hydrogen) atoms. The lowest BCUT2D eigenvalue weighted by Crippen LogP contribution is -2.42. The third kappa shape index (κ3) is 6.31. The third-order valence-electron chi connectivity index (χ3n) is 8.08. The van der Waals surface area contributed by atoms with Crippen molar-refractivity contribution in [2.75, 3.05) is 18.8 Å². The summed E-state index contributed by atoms with van der Waals surface area (Å²) < 4.78 is 33.5. The Morgan fingerprint density at radius 2 is 1.71 bits per heavy atom. The number of fused-ring (bicyclic) bond motifs is 1. The second-order valence-corrected chi connectivity index (χ2v) is 11.2. The molecule has 1 fully saturated rings. The number of alkyl halides is 2. The first kappa shape index (κ1) is 29.7. The normalized spacial score (nSPS) is 14.3. The van der Waals surface area contributed by atoms with Crippen molar-refractivity contribution in [1.82, 2.24) is 20.2 Å². The fraction of sp³-hybridized carbons (Fsp3) is 0.200. The molecule has 4 heterocycles. The number of nitrogens with zero attached hydrogens (tertiary/aromatic N) is 3. The number of pyridine rings is 2. The van der Waals surface area contributed by atoms with Gasteiger partial charge in [-0.15, -0.1) is 0 Å². The van der Waals surface area contributed by atoms with E-state index in [-0.39, 0.29) is 49.9 Å². The van der Waals surface area contributed by atoms with Crippen molar-refractivity contribution in [3.8, 4) is 22.3 Å². The summed E-state index contributed by atoms with van der Waals surface area (Å²) in [6.45, 7) is 6.08. The van der Waals surface area contributed by atoms with Gasteiger partial charge < -0.3 is 20.4 Å². The van der Waals surface area contributed by atoms with E-state index < -0.39 is 5.92 Å². The summed E-state index contributed by atoms with van der Waals surface area (Å²) in [6.07, 6.45) is 4.37. The zero-order valence-electron chi connectivity index (χ0n) is 24.6. The number of carbonyl (C=O) groups is 2. The topological polar surface area (TPSA) is 114 Å². The maximum Gasteiger partial charge on any atom is 0.253 e. The van der Waals surface area contributed by atoms with Gasteiger partial charge in [0.2, 0.25) is 0 Å². The van der Waals surface area contributed by atoms with Gasteiger partial charge in [0.05, 0.1) is 6.54 Å². The van der Waals surface area contributed by atoms with Crippen molar-refractivity contribution in [3.05, 3.63) is 108 Å². The molecular formula is C35H31F2N5O3. The molecule has 3 N–H and O–H groups in total. The van der Waals surface area contributed by atoms with Crippen LogP contribution in [0.3, 0.4) is 0 Å². The van der Waals surface area contributed by atoms with Crippen LogP contribution in [-0.4, -0.2) is 45.7 Å². The molecule has 2 amide bonds. The number of anilines is 1. The van der Waals surface area contributed by atoms with Gasteiger partial charge in [-0.2, -0.15) is 0 Å². The van der Waals surface area contributed by atoms with Gasteiger partial charge in [-0.05, 0) is 72.1 Å². The average Bonchev–Trinajstić information content (AvgIpc) is 3.46. The van der Waals surface area contributed by atoms with Crippen LogP contribution in [0.25, 0.3) is 38.8 Å². The van der Waals surface area contributed by atoms with Crippen molar-refractivity contribution in [2.24, 2.45) is 0 Å². The van der Waals surface area contributed by atoms with E-state index in [4.69, 9.17) is 10.2 Å². The maximum atomic E-state index is 13.6. The van der Waals surface area contributed by atoms with Gasteiger partial charge in [0, 0.05) is 77.7 Å². The lowest BCUT2D eigenvalue weighted by atomic mass is 9.95. The predicted octanol–water partition coefficient (Wildman–Crippen LogP) is 6.65. The minimum Gasteiger partial charge on any atom is -0.459 e.